The summed E-state index contributed by atoms with van der Waals surface area (Å²) in [6.07, 6.45) is 9.36. The molecule has 0 aromatic carbocycles. The quantitative estimate of drug-likeness (QED) is 0.627. The van der Waals surface area contributed by atoms with Crippen LogP contribution in [0.1, 0.15) is 71.6 Å². The van der Waals surface area contributed by atoms with Gasteiger partial charge in [0.2, 0.25) is 11.6 Å². The predicted octanol–water partition coefficient (Wildman–Crippen LogP) is 3.91. The summed E-state index contributed by atoms with van der Waals surface area (Å²) in [7, 11) is 0. The predicted molar refractivity (Wildman–Crippen MR) is 85.7 cm³/mol. The Morgan fingerprint density at radius 2 is 1.29 bits per heavy atom. The average molecular weight is 338 g/mol. The van der Waals surface area contributed by atoms with Crippen LogP contribution >= 0.6 is 0 Å². The second-order valence-electron chi connectivity index (χ2n) is 9.46. The largest absolute Gasteiger partial charge is 0.349 e. The fourth-order valence-electron chi connectivity index (χ4n) is 5.43. The van der Waals surface area contributed by atoms with Gasteiger partial charge in [-0.15, -0.1) is 0 Å². The van der Waals surface area contributed by atoms with Crippen LogP contribution in [0.15, 0.2) is 0 Å². The lowest BCUT2D eigenvalue weighted by Gasteiger charge is -2.48. The Morgan fingerprint density at radius 3 is 1.92 bits per heavy atom. The van der Waals surface area contributed by atoms with E-state index in [1.54, 1.807) is 0 Å². The minimum absolute atomic E-state index is 0.106. The molecule has 5 aliphatic rings. The van der Waals surface area contributed by atoms with Gasteiger partial charge in [0.1, 0.15) is 0 Å². The summed E-state index contributed by atoms with van der Waals surface area (Å²) in [5.41, 5.74) is 0.106. The summed E-state index contributed by atoms with van der Waals surface area (Å²) in [4.78, 5) is 11.9. The van der Waals surface area contributed by atoms with Crippen LogP contribution in [0.2, 0.25) is 0 Å². The molecular weight excluding hydrogens is 308 g/mol. The van der Waals surface area contributed by atoms with Crippen LogP contribution in [0, 0.1) is 17.3 Å². The topological polar surface area (TPSA) is 46.2 Å². The lowest BCUT2D eigenvalue weighted by molar-refractivity contribution is -0.382. The maximum atomic E-state index is 6.62. The highest BCUT2D eigenvalue weighted by Gasteiger charge is 2.65. The van der Waals surface area contributed by atoms with Gasteiger partial charge in [-0.05, 0) is 25.7 Å². The molecule has 24 heavy (non-hydrogen) atoms. The second-order valence-corrected chi connectivity index (χ2v) is 9.46. The van der Waals surface area contributed by atoms with Crippen LogP contribution in [0.3, 0.4) is 0 Å². The van der Waals surface area contributed by atoms with Gasteiger partial charge >= 0.3 is 0 Å². The van der Waals surface area contributed by atoms with Gasteiger partial charge in [-0.25, -0.2) is 0 Å². The van der Waals surface area contributed by atoms with E-state index < -0.39 is 17.4 Å². The normalized spacial score (nSPS) is 45.2. The van der Waals surface area contributed by atoms with Gasteiger partial charge in [0, 0.05) is 42.9 Å². The molecule has 2 saturated heterocycles. The number of hydrogen-bond acceptors (Lipinski definition) is 5. The Hall–Kier alpha value is -0.200. The first-order valence-corrected chi connectivity index (χ1v) is 9.80. The monoisotopic (exact) mass is 338 g/mol. The second kappa shape index (κ2) is 5.17. The Balaban J connectivity index is 1.27. The number of ether oxygens (including phenoxy) is 3. The van der Waals surface area contributed by atoms with E-state index >= 15 is 0 Å². The van der Waals surface area contributed by atoms with Crippen molar-refractivity contribution in [2.75, 3.05) is 13.2 Å². The summed E-state index contributed by atoms with van der Waals surface area (Å²) in [6, 6.07) is 0. The van der Waals surface area contributed by atoms with Crippen LogP contribution in [0.4, 0.5) is 0 Å². The van der Waals surface area contributed by atoms with Crippen molar-refractivity contribution in [3.63, 3.8) is 0 Å². The molecule has 2 atom stereocenters. The van der Waals surface area contributed by atoms with Crippen LogP contribution in [-0.2, 0) is 24.0 Å². The summed E-state index contributed by atoms with van der Waals surface area (Å²) in [6.45, 7) is 5.88. The Labute approximate surface area is 144 Å². The standard InChI is InChI=1S/C19H30O5/c1-16(2)12-20-17(21-13-16)8-10-18(11-9-17)22-19(24-23-18)14-4-3-5-15(19)7-6-14/h14-15H,3-13H2,1-2H3. The first kappa shape index (κ1) is 16.0. The molecule has 5 heteroatoms. The molecule has 5 nitrogen and oxygen atoms in total. The number of rotatable bonds is 0. The molecule has 0 radical (unpaired) electrons. The van der Waals surface area contributed by atoms with Crippen LogP contribution < -0.4 is 0 Å². The van der Waals surface area contributed by atoms with E-state index in [2.05, 4.69) is 13.8 Å². The van der Waals surface area contributed by atoms with Gasteiger partial charge < -0.3 is 14.2 Å². The summed E-state index contributed by atoms with van der Waals surface area (Å²) in [5, 5.41) is 0. The first-order valence-electron chi connectivity index (χ1n) is 9.80. The molecule has 3 spiro atoms. The van der Waals surface area contributed by atoms with Crippen molar-refractivity contribution in [3.8, 4) is 0 Å². The van der Waals surface area contributed by atoms with E-state index in [0.29, 0.717) is 11.8 Å². The molecule has 0 amide bonds. The molecule has 136 valence electrons. The fourth-order valence-corrected chi connectivity index (χ4v) is 5.43. The highest BCUT2D eigenvalue weighted by atomic mass is 17.3. The highest BCUT2D eigenvalue weighted by molar-refractivity contribution is 5.01. The van der Waals surface area contributed by atoms with Crippen molar-refractivity contribution >= 4 is 0 Å². The molecular formula is C19H30O5. The Morgan fingerprint density at radius 1 is 0.708 bits per heavy atom. The summed E-state index contributed by atoms with van der Waals surface area (Å²) < 4.78 is 18.9. The minimum atomic E-state index is -0.580. The van der Waals surface area contributed by atoms with E-state index in [1.165, 1.54) is 32.1 Å². The third-order valence-corrected chi connectivity index (χ3v) is 7.00. The van der Waals surface area contributed by atoms with Crippen molar-refractivity contribution in [2.24, 2.45) is 17.3 Å². The molecule has 5 fully saturated rings. The third kappa shape index (κ3) is 2.32. The zero-order chi connectivity index (χ0) is 16.5. The van der Waals surface area contributed by atoms with Gasteiger partial charge in [0.25, 0.3) is 0 Å². The number of hydrogen-bond donors (Lipinski definition) is 0. The van der Waals surface area contributed by atoms with Crippen molar-refractivity contribution in [2.45, 2.75) is 89.0 Å². The molecule has 5 rings (SSSR count). The van der Waals surface area contributed by atoms with Crippen LogP contribution in [-0.4, -0.2) is 30.6 Å². The molecule has 3 saturated carbocycles. The minimum Gasteiger partial charge on any atom is -0.349 e. The van der Waals surface area contributed by atoms with E-state index in [0.717, 1.165) is 38.9 Å². The van der Waals surface area contributed by atoms with Crippen molar-refractivity contribution < 1.29 is 24.0 Å². The maximum absolute atomic E-state index is 6.62. The molecule has 2 unspecified atom stereocenters. The molecule has 2 bridgehead atoms. The molecule has 0 aromatic heterocycles. The molecule has 0 aromatic rings. The first-order chi connectivity index (χ1) is 11.5. The van der Waals surface area contributed by atoms with Gasteiger partial charge in [-0.3, -0.25) is 0 Å². The van der Waals surface area contributed by atoms with Crippen LogP contribution in [0.25, 0.3) is 0 Å². The van der Waals surface area contributed by atoms with Gasteiger partial charge in [0.05, 0.1) is 13.2 Å². The Kier molecular flexibility index (Phi) is 3.45. The zero-order valence-electron chi connectivity index (χ0n) is 15.0. The summed E-state index contributed by atoms with van der Waals surface area (Å²) >= 11 is 0. The lowest BCUT2D eigenvalue weighted by Crippen LogP contribution is -2.53. The third-order valence-electron chi connectivity index (χ3n) is 7.00. The van der Waals surface area contributed by atoms with E-state index in [4.69, 9.17) is 24.0 Å². The van der Waals surface area contributed by atoms with E-state index in [1.807, 2.05) is 0 Å². The smallest absolute Gasteiger partial charge is 0.210 e. The van der Waals surface area contributed by atoms with Crippen LogP contribution in [0.5, 0.6) is 0 Å². The SMILES string of the molecule is CC1(C)COC2(CCC3(CC2)OOC2(O3)C3CCCC2CC3)OC1. The van der Waals surface area contributed by atoms with Gasteiger partial charge in [-0.1, -0.05) is 20.3 Å². The maximum Gasteiger partial charge on any atom is 0.210 e. The lowest BCUT2D eigenvalue weighted by atomic mass is 9.81. The van der Waals surface area contributed by atoms with Gasteiger partial charge in [0.15, 0.2) is 5.79 Å². The van der Waals surface area contributed by atoms with Crippen molar-refractivity contribution in [3.05, 3.63) is 0 Å². The zero-order valence-corrected chi connectivity index (χ0v) is 15.0. The fraction of sp³-hybridized carbons (Fsp3) is 1.00. The average Bonchev–Trinajstić information content (AvgIpc) is 2.98. The summed E-state index contributed by atoms with van der Waals surface area (Å²) in [5.74, 6) is -0.458. The molecule has 2 aliphatic heterocycles. The van der Waals surface area contributed by atoms with Gasteiger partial charge in [-0.2, -0.15) is 9.78 Å². The molecule has 2 heterocycles. The van der Waals surface area contributed by atoms with E-state index in [9.17, 15) is 0 Å². The van der Waals surface area contributed by atoms with E-state index in [-0.39, 0.29) is 5.41 Å². The van der Waals surface area contributed by atoms with Crippen molar-refractivity contribution in [1.82, 2.24) is 0 Å². The molecule has 0 N–H and O–H groups in total. The Bertz CT molecular complexity index is 480. The molecule has 3 aliphatic carbocycles. The highest BCUT2D eigenvalue weighted by Crippen LogP contribution is 2.59. The van der Waals surface area contributed by atoms with Crippen molar-refractivity contribution in [1.29, 1.82) is 0 Å².